The van der Waals surface area contributed by atoms with E-state index in [1.165, 1.54) is 6.92 Å². The highest BCUT2D eigenvalue weighted by molar-refractivity contribution is 6.07. The van der Waals surface area contributed by atoms with Gasteiger partial charge in [-0.05, 0) is 11.6 Å². The average Bonchev–Trinajstić information content (AvgIpc) is 2.60. The number of benzene rings is 1. The lowest BCUT2D eigenvalue weighted by molar-refractivity contribution is -0.160. The van der Waals surface area contributed by atoms with Crippen LogP contribution in [0.1, 0.15) is 25.8 Å². The number of rotatable bonds is 5. The van der Waals surface area contributed by atoms with Gasteiger partial charge in [0.1, 0.15) is 17.8 Å². The highest BCUT2D eigenvalue weighted by Crippen LogP contribution is 2.23. The summed E-state index contributed by atoms with van der Waals surface area (Å²) in [5.41, 5.74) is 0.515. The highest BCUT2D eigenvalue weighted by atomic mass is 16.5. The van der Waals surface area contributed by atoms with E-state index in [2.05, 4.69) is 10.1 Å². The molecular formula is C18H20N2O7. The Balaban J connectivity index is 2.27. The van der Waals surface area contributed by atoms with E-state index >= 15 is 0 Å². The second-order valence-corrected chi connectivity index (χ2v) is 5.99. The molecule has 1 aliphatic heterocycles. The summed E-state index contributed by atoms with van der Waals surface area (Å²) in [6.45, 7) is 2.39. The Morgan fingerprint density at radius 3 is 2.41 bits per heavy atom. The Kier molecular flexibility index (Phi) is 6.27. The third-order valence-corrected chi connectivity index (χ3v) is 4.04. The van der Waals surface area contributed by atoms with Gasteiger partial charge >= 0.3 is 11.9 Å². The van der Waals surface area contributed by atoms with Crippen LogP contribution in [0.15, 0.2) is 24.3 Å². The van der Waals surface area contributed by atoms with Gasteiger partial charge in [-0.25, -0.2) is 0 Å². The fourth-order valence-corrected chi connectivity index (χ4v) is 2.85. The average molecular weight is 376 g/mol. The number of hydrogen-bond acceptors (Lipinski definition) is 7. The Labute approximate surface area is 155 Å². The first-order valence-electron chi connectivity index (χ1n) is 8.21. The molecule has 0 saturated carbocycles. The fourth-order valence-electron chi connectivity index (χ4n) is 2.85. The number of imide groups is 1. The Morgan fingerprint density at radius 2 is 1.81 bits per heavy atom. The van der Waals surface area contributed by atoms with E-state index in [-0.39, 0.29) is 12.2 Å². The second kappa shape index (κ2) is 8.43. The summed E-state index contributed by atoms with van der Waals surface area (Å²) < 4.78 is 9.63. The van der Waals surface area contributed by atoms with Gasteiger partial charge in [-0.15, -0.1) is 0 Å². The molecule has 2 unspecified atom stereocenters. The Morgan fingerprint density at radius 1 is 1.15 bits per heavy atom. The van der Waals surface area contributed by atoms with Crippen molar-refractivity contribution in [1.29, 1.82) is 0 Å². The summed E-state index contributed by atoms with van der Waals surface area (Å²) in [5.74, 6) is -2.91. The molecule has 1 aromatic rings. The fraction of sp³-hybridized carbons (Fsp3) is 0.389. The van der Waals surface area contributed by atoms with Crippen LogP contribution in [0.3, 0.4) is 0 Å². The maximum Gasteiger partial charge on any atom is 0.308 e. The lowest BCUT2D eigenvalue weighted by atomic mass is 9.98. The van der Waals surface area contributed by atoms with Crippen molar-refractivity contribution in [2.75, 3.05) is 7.11 Å². The summed E-state index contributed by atoms with van der Waals surface area (Å²) in [6.07, 6.45) is -0.410. The quantitative estimate of drug-likeness (QED) is 0.566. The molecule has 0 bridgehead atoms. The number of esters is 2. The summed E-state index contributed by atoms with van der Waals surface area (Å²) in [4.78, 5) is 60.7. The first-order chi connectivity index (χ1) is 12.7. The molecule has 27 heavy (non-hydrogen) atoms. The maximum absolute atomic E-state index is 12.8. The van der Waals surface area contributed by atoms with E-state index in [1.807, 2.05) is 0 Å². The summed E-state index contributed by atoms with van der Waals surface area (Å²) in [5, 5.41) is 2.53. The molecule has 1 N–H and O–H groups in total. The van der Waals surface area contributed by atoms with Gasteiger partial charge in [0.2, 0.25) is 11.8 Å². The number of ether oxygens (including phenoxy) is 2. The molecule has 0 aliphatic carbocycles. The zero-order valence-electron chi connectivity index (χ0n) is 15.2. The van der Waals surface area contributed by atoms with E-state index in [4.69, 9.17) is 4.74 Å². The zero-order chi connectivity index (χ0) is 20.1. The number of piperazine rings is 1. The van der Waals surface area contributed by atoms with Crippen molar-refractivity contribution in [2.45, 2.75) is 38.8 Å². The molecular weight excluding hydrogens is 356 g/mol. The third-order valence-electron chi connectivity index (χ3n) is 4.04. The van der Waals surface area contributed by atoms with Gasteiger partial charge in [-0.1, -0.05) is 18.2 Å². The zero-order valence-corrected chi connectivity index (χ0v) is 15.2. The molecule has 1 saturated heterocycles. The first-order valence-corrected chi connectivity index (χ1v) is 8.21. The maximum atomic E-state index is 12.8. The van der Waals surface area contributed by atoms with Gasteiger partial charge in [-0.3, -0.25) is 28.9 Å². The van der Waals surface area contributed by atoms with E-state index in [1.54, 1.807) is 24.3 Å². The van der Waals surface area contributed by atoms with E-state index in [0.717, 1.165) is 18.9 Å². The third kappa shape index (κ3) is 4.69. The van der Waals surface area contributed by atoms with Crippen LogP contribution < -0.4 is 10.1 Å². The van der Waals surface area contributed by atoms with Crippen LogP contribution in [-0.4, -0.2) is 53.8 Å². The molecule has 144 valence electrons. The van der Waals surface area contributed by atoms with Crippen molar-refractivity contribution >= 4 is 29.7 Å². The number of nitrogens with one attached hydrogen (secondary N) is 1. The summed E-state index contributed by atoms with van der Waals surface area (Å²) >= 11 is 0. The van der Waals surface area contributed by atoms with E-state index < -0.39 is 48.2 Å². The smallest absolute Gasteiger partial charge is 0.308 e. The number of carbonyl (C=O) groups is 5. The SMILES string of the molecule is COC(=O)CC1C(=O)NC(Cc2ccccc2OC(C)=O)C(=O)N1C(C)=O. The second-order valence-electron chi connectivity index (χ2n) is 5.99. The van der Waals surface area contributed by atoms with Crippen LogP contribution in [0, 0.1) is 0 Å². The molecule has 9 heteroatoms. The monoisotopic (exact) mass is 376 g/mol. The van der Waals surface area contributed by atoms with Gasteiger partial charge < -0.3 is 14.8 Å². The molecule has 0 radical (unpaired) electrons. The topological polar surface area (TPSA) is 119 Å². The van der Waals surface area contributed by atoms with Crippen molar-refractivity contribution in [1.82, 2.24) is 10.2 Å². The summed E-state index contributed by atoms with van der Waals surface area (Å²) in [6, 6.07) is 4.28. The number of nitrogens with zero attached hydrogens (tertiary/aromatic N) is 1. The minimum atomic E-state index is -1.26. The standard InChI is InChI=1S/C18H20N2O7/c1-10(21)20-14(9-16(23)26-3)17(24)19-13(18(20)25)8-12-6-4-5-7-15(12)27-11(2)22/h4-7,13-14H,8-9H2,1-3H3,(H,19,24). The molecule has 2 rings (SSSR count). The van der Waals surface area contributed by atoms with Crippen LogP contribution in [0.2, 0.25) is 0 Å². The molecule has 1 fully saturated rings. The molecule has 1 aliphatic rings. The number of methoxy groups -OCH3 is 1. The molecule has 3 amide bonds. The largest absolute Gasteiger partial charge is 0.469 e. The predicted molar refractivity (Wildman–Crippen MR) is 91.3 cm³/mol. The minimum Gasteiger partial charge on any atom is -0.469 e. The van der Waals surface area contributed by atoms with Crippen molar-refractivity contribution in [3.63, 3.8) is 0 Å². The van der Waals surface area contributed by atoms with Gasteiger partial charge in [0.05, 0.1) is 13.5 Å². The molecule has 0 spiro atoms. The Bertz CT molecular complexity index is 790. The van der Waals surface area contributed by atoms with Crippen LogP contribution in [0.5, 0.6) is 5.75 Å². The molecule has 0 aromatic heterocycles. The molecule has 9 nitrogen and oxygen atoms in total. The van der Waals surface area contributed by atoms with Crippen LogP contribution in [-0.2, 0) is 35.1 Å². The summed E-state index contributed by atoms with van der Waals surface area (Å²) in [7, 11) is 1.15. The number of hydrogen-bond donors (Lipinski definition) is 1. The van der Waals surface area contributed by atoms with Crippen molar-refractivity contribution in [3.8, 4) is 5.75 Å². The normalized spacial score (nSPS) is 19.3. The molecule has 2 atom stereocenters. The number of amides is 3. The molecule has 1 heterocycles. The van der Waals surface area contributed by atoms with Gasteiger partial charge in [0, 0.05) is 20.3 Å². The number of carbonyl (C=O) groups excluding carboxylic acids is 5. The number of para-hydroxylation sites is 1. The highest BCUT2D eigenvalue weighted by Gasteiger charge is 2.44. The van der Waals surface area contributed by atoms with Crippen LogP contribution in [0.4, 0.5) is 0 Å². The van der Waals surface area contributed by atoms with Gasteiger partial charge in [0.25, 0.3) is 5.91 Å². The van der Waals surface area contributed by atoms with Gasteiger partial charge in [0.15, 0.2) is 0 Å². The van der Waals surface area contributed by atoms with E-state index in [9.17, 15) is 24.0 Å². The van der Waals surface area contributed by atoms with Crippen LogP contribution in [0.25, 0.3) is 0 Å². The lowest BCUT2D eigenvalue weighted by Gasteiger charge is -2.36. The van der Waals surface area contributed by atoms with Gasteiger partial charge in [-0.2, -0.15) is 0 Å². The van der Waals surface area contributed by atoms with Crippen LogP contribution >= 0.6 is 0 Å². The van der Waals surface area contributed by atoms with Crippen molar-refractivity contribution in [3.05, 3.63) is 29.8 Å². The lowest BCUT2D eigenvalue weighted by Crippen LogP contribution is -2.65. The van der Waals surface area contributed by atoms with Crippen molar-refractivity contribution < 1.29 is 33.4 Å². The van der Waals surface area contributed by atoms with E-state index in [0.29, 0.717) is 5.56 Å². The predicted octanol–water partition coefficient (Wildman–Crippen LogP) is -0.0404. The first kappa shape index (κ1) is 20.1. The van der Waals surface area contributed by atoms with Crippen molar-refractivity contribution in [2.24, 2.45) is 0 Å². The Hall–Kier alpha value is -3.23. The molecule has 1 aromatic carbocycles. The minimum absolute atomic E-state index is 0.0166.